The number of aryl methyl sites for hydroxylation is 1. The number of nitrogens with one attached hydrogen (secondary N) is 1. The van der Waals surface area contributed by atoms with Gasteiger partial charge in [-0.3, -0.25) is 9.69 Å². The summed E-state index contributed by atoms with van der Waals surface area (Å²) >= 11 is 6.33. The number of anilines is 1. The second-order valence-corrected chi connectivity index (χ2v) is 11.1. The molecule has 39 heavy (non-hydrogen) atoms. The van der Waals surface area contributed by atoms with Crippen molar-refractivity contribution in [1.82, 2.24) is 30.1 Å². The van der Waals surface area contributed by atoms with Gasteiger partial charge in [0.15, 0.2) is 5.82 Å². The van der Waals surface area contributed by atoms with Gasteiger partial charge in [0.2, 0.25) is 0 Å². The molecule has 0 bridgehead atoms. The van der Waals surface area contributed by atoms with E-state index in [1.165, 1.54) is 24.8 Å². The summed E-state index contributed by atoms with van der Waals surface area (Å²) < 4.78 is 7.45. The topological polar surface area (TPSA) is 92.2 Å². The number of fused-ring (bicyclic) bond motifs is 1. The summed E-state index contributed by atoms with van der Waals surface area (Å²) in [5, 5.41) is 14.8. The molecule has 2 aromatic carbocycles. The van der Waals surface area contributed by atoms with Crippen LogP contribution < -0.4 is 15.2 Å². The van der Waals surface area contributed by atoms with Gasteiger partial charge in [0.05, 0.1) is 13.2 Å². The molecule has 1 atom stereocenters. The van der Waals surface area contributed by atoms with Crippen molar-refractivity contribution in [3.8, 4) is 5.75 Å². The highest BCUT2D eigenvalue weighted by molar-refractivity contribution is 6.30. The minimum Gasteiger partial charge on any atom is -0.497 e. The Morgan fingerprint density at radius 1 is 1.03 bits per heavy atom. The third-order valence-corrected chi connectivity index (χ3v) is 8.48. The Morgan fingerprint density at radius 3 is 2.59 bits per heavy atom. The van der Waals surface area contributed by atoms with Crippen molar-refractivity contribution in [1.29, 1.82) is 0 Å². The molecule has 2 aromatic heterocycles. The number of rotatable bonds is 6. The second kappa shape index (κ2) is 11.0. The third kappa shape index (κ3) is 5.13. The van der Waals surface area contributed by atoms with E-state index in [2.05, 4.69) is 43.3 Å². The molecule has 0 amide bonds. The lowest BCUT2D eigenvalue weighted by Gasteiger charge is -2.40. The van der Waals surface area contributed by atoms with Gasteiger partial charge in [-0.2, -0.15) is 0 Å². The van der Waals surface area contributed by atoms with Crippen molar-refractivity contribution >= 4 is 28.2 Å². The largest absolute Gasteiger partial charge is 0.497 e. The van der Waals surface area contributed by atoms with Gasteiger partial charge in [-0.1, -0.05) is 36.9 Å². The summed E-state index contributed by atoms with van der Waals surface area (Å²) in [6.45, 7) is 5.24. The molecule has 2 aliphatic rings. The van der Waals surface area contributed by atoms with E-state index in [9.17, 15) is 4.79 Å². The van der Waals surface area contributed by atoms with Crippen LogP contribution in [0.25, 0.3) is 10.9 Å². The van der Waals surface area contributed by atoms with E-state index in [1.807, 2.05) is 41.1 Å². The summed E-state index contributed by atoms with van der Waals surface area (Å²) in [5.41, 5.74) is 3.65. The van der Waals surface area contributed by atoms with E-state index in [1.54, 1.807) is 7.11 Å². The summed E-state index contributed by atoms with van der Waals surface area (Å²) in [7, 11) is 1.65. The van der Waals surface area contributed by atoms with Gasteiger partial charge in [-0.05, 0) is 72.2 Å². The van der Waals surface area contributed by atoms with E-state index in [0.717, 1.165) is 72.2 Å². The number of hydrogen-bond donors (Lipinski definition) is 1. The Balaban J connectivity index is 1.39. The van der Waals surface area contributed by atoms with Crippen LogP contribution in [0.4, 0.5) is 5.69 Å². The Kier molecular flexibility index (Phi) is 7.27. The number of tetrazole rings is 1. The van der Waals surface area contributed by atoms with Crippen molar-refractivity contribution in [2.24, 2.45) is 0 Å². The lowest BCUT2D eigenvalue weighted by atomic mass is 9.95. The smallest absolute Gasteiger partial charge is 0.253 e. The highest BCUT2D eigenvalue weighted by atomic mass is 35.5. The molecule has 1 saturated carbocycles. The molecule has 2 fully saturated rings. The quantitative estimate of drug-likeness (QED) is 0.367. The van der Waals surface area contributed by atoms with Crippen LogP contribution in [0.3, 0.4) is 0 Å². The monoisotopic (exact) mass is 547 g/mol. The highest BCUT2D eigenvalue weighted by Gasteiger charge is 2.34. The van der Waals surface area contributed by atoms with Crippen molar-refractivity contribution in [3.05, 3.63) is 74.8 Å². The van der Waals surface area contributed by atoms with Crippen molar-refractivity contribution < 1.29 is 4.74 Å². The standard InChI is InChI=1S/C29H34ClN7O2/c1-19-8-9-21(30)18-26(19)35-12-14-36(15-13-35)27(28-32-33-34-37(28)22-6-4-3-5-7-22)24-17-20-16-23(39-2)10-11-25(20)31-29(24)38/h8-11,16-18,22,27H,3-7,12-15H2,1-2H3,(H,31,38)/t27-/m0/s1. The normalized spacial score (nSPS) is 18.0. The molecule has 0 spiro atoms. The lowest BCUT2D eigenvalue weighted by molar-refractivity contribution is 0.192. The Labute approximate surface area is 232 Å². The molecule has 1 saturated heterocycles. The summed E-state index contributed by atoms with van der Waals surface area (Å²) in [6.07, 6.45) is 5.69. The average Bonchev–Trinajstić information content (AvgIpc) is 3.45. The summed E-state index contributed by atoms with van der Waals surface area (Å²) in [4.78, 5) is 21.4. The van der Waals surface area contributed by atoms with E-state index >= 15 is 0 Å². The van der Waals surface area contributed by atoms with E-state index in [0.29, 0.717) is 5.56 Å². The Hall–Kier alpha value is -3.43. The number of piperazine rings is 1. The summed E-state index contributed by atoms with van der Waals surface area (Å²) in [5.74, 6) is 1.48. The van der Waals surface area contributed by atoms with Gasteiger partial charge >= 0.3 is 0 Å². The maximum Gasteiger partial charge on any atom is 0.253 e. The van der Waals surface area contributed by atoms with Gasteiger partial charge in [0.25, 0.3) is 5.56 Å². The molecule has 4 aromatic rings. The van der Waals surface area contributed by atoms with Crippen LogP contribution >= 0.6 is 11.6 Å². The van der Waals surface area contributed by atoms with E-state index in [-0.39, 0.29) is 17.6 Å². The molecule has 1 aliphatic carbocycles. The maximum atomic E-state index is 13.6. The number of pyridine rings is 1. The minimum absolute atomic E-state index is 0.121. The number of hydrogen-bond acceptors (Lipinski definition) is 7. The molecule has 0 unspecified atom stereocenters. The number of H-pyrrole nitrogens is 1. The molecule has 204 valence electrons. The van der Waals surface area contributed by atoms with Crippen LogP contribution in [0, 0.1) is 6.92 Å². The van der Waals surface area contributed by atoms with Gasteiger partial charge in [0, 0.05) is 53.4 Å². The Morgan fingerprint density at radius 2 is 1.82 bits per heavy atom. The molecule has 3 heterocycles. The van der Waals surface area contributed by atoms with Crippen molar-refractivity contribution in [3.63, 3.8) is 0 Å². The first kappa shape index (κ1) is 25.8. The lowest BCUT2D eigenvalue weighted by Crippen LogP contribution is -2.49. The van der Waals surface area contributed by atoms with Crippen LogP contribution in [0.1, 0.15) is 61.1 Å². The fourth-order valence-electron chi connectivity index (χ4n) is 6.14. The molecule has 9 nitrogen and oxygen atoms in total. The first-order chi connectivity index (χ1) is 19.0. The SMILES string of the molecule is COc1ccc2[nH]c(=O)c([C@@H](c3nnnn3C3CCCCC3)N3CCN(c4cc(Cl)ccc4C)CC3)cc2c1. The average molecular weight is 548 g/mol. The number of aromatic nitrogens is 5. The van der Waals surface area contributed by atoms with Crippen LogP contribution in [0.2, 0.25) is 5.02 Å². The predicted octanol–water partition coefficient (Wildman–Crippen LogP) is 4.90. The van der Waals surface area contributed by atoms with Crippen LogP contribution in [0.15, 0.2) is 47.3 Å². The minimum atomic E-state index is -0.371. The van der Waals surface area contributed by atoms with Gasteiger partial charge in [-0.15, -0.1) is 5.10 Å². The molecule has 10 heteroatoms. The maximum absolute atomic E-state index is 13.6. The van der Waals surface area contributed by atoms with Crippen LogP contribution in [-0.2, 0) is 0 Å². The second-order valence-electron chi connectivity index (χ2n) is 10.6. The Bertz CT molecular complexity index is 1520. The van der Waals surface area contributed by atoms with Gasteiger partial charge < -0.3 is 14.6 Å². The van der Waals surface area contributed by atoms with E-state index < -0.39 is 0 Å². The zero-order chi connectivity index (χ0) is 26.9. The number of methoxy groups -OCH3 is 1. The molecule has 0 radical (unpaired) electrons. The molecule has 6 rings (SSSR count). The molecule has 1 aliphatic heterocycles. The molecular formula is C29H34ClN7O2. The predicted molar refractivity (Wildman–Crippen MR) is 153 cm³/mol. The number of benzene rings is 2. The fourth-order valence-corrected chi connectivity index (χ4v) is 6.31. The third-order valence-electron chi connectivity index (χ3n) is 8.25. The van der Waals surface area contributed by atoms with Gasteiger partial charge in [-0.25, -0.2) is 4.68 Å². The number of aromatic amines is 1. The fraction of sp³-hybridized carbons (Fsp3) is 0.448. The van der Waals surface area contributed by atoms with Crippen molar-refractivity contribution in [2.45, 2.75) is 51.1 Å². The molecular weight excluding hydrogens is 514 g/mol. The first-order valence-corrected chi connectivity index (χ1v) is 14.1. The first-order valence-electron chi connectivity index (χ1n) is 13.8. The van der Waals surface area contributed by atoms with Crippen LogP contribution in [0.5, 0.6) is 5.75 Å². The number of nitrogens with zero attached hydrogens (tertiary/aromatic N) is 6. The van der Waals surface area contributed by atoms with E-state index in [4.69, 9.17) is 16.3 Å². The zero-order valence-electron chi connectivity index (χ0n) is 22.4. The number of ether oxygens (including phenoxy) is 1. The zero-order valence-corrected chi connectivity index (χ0v) is 23.2. The highest BCUT2D eigenvalue weighted by Crippen LogP contribution is 2.34. The van der Waals surface area contributed by atoms with Gasteiger partial charge in [0.1, 0.15) is 11.8 Å². The molecule has 1 N–H and O–H groups in total. The summed E-state index contributed by atoms with van der Waals surface area (Å²) in [6, 6.07) is 13.6. The van der Waals surface area contributed by atoms with Crippen molar-refractivity contribution in [2.75, 3.05) is 38.2 Å². The number of halogens is 1. The van der Waals surface area contributed by atoms with Crippen LogP contribution in [-0.4, -0.2) is 63.4 Å².